The van der Waals surface area contributed by atoms with Crippen LogP contribution < -0.4 is 5.32 Å². The van der Waals surface area contributed by atoms with Crippen LogP contribution in [-0.2, 0) is 4.79 Å². The Morgan fingerprint density at radius 1 is 1.08 bits per heavy atom. The first-order valence-electron chi connectivity index (χ1n) is 8.15. The molecule has 0 aromatic heterocycles. The first kappa shape index (κ1) is 18.6. The highest BCUT2D eigenvalue weighted by molar-refractivity contribution is 8.00. The Labute approximate surface area is 149 Å². The van der Waals surface area contributed by atoms with Crippen LogP contribution in [0.3, 0.4) is 0 Å². The van der Waals surface area contributed by atoms with E-state index in [1.54, 1.807) is 11.8 Å². The number of hydrogen-bond acceptors (Lipinski definition) is 3. The summed E-state index contributed by atoms with van der Waals surface area (Å²) in [6, 6.07) is 16.5. The van der Waals surface area contributed by atoms with Crippen molar-refractivity contribution in [1.29, 1.82) is 0 Å². The smallest absolute Gasteiger partial charge is 0.230 e. The van der Waals surface area contributed by atoms with Gasteiger partial charge >= 0.3 is 0 Å². The zero-order chi connectivity index (χ0) is 17.5. The lowest BCUT2D eigenvalue weighted by Crippen LogP contribution is -2.36. The minimum absolute atomic E-state index is 0.00838. The van der Waals surface area contributed by atoms with Gasteiger partial charge in [-0.2, -0.15) is 0 Å². The first-order chi connectivity index (χ1) is 11.5. The number of carbonyl (C=O) groups excluding carboxylic acids is 1. The largest absolute Gasteiger partial charge is 0.347 e. The van der Waals surface area contributed by atoms with Gasteiger partial charge in [-0.05, 0) is 56.8 Å². The van der Waals surface area contributed by atoms with Gasteiger partial charge in [0.05, 0.1) is 11.8 Å². The van der Waals surface area contributed by atoms with E-state index in [1.165, 1.54) is 11.1 Å². The van der Waals surface area contributed by atoms with E-state index in [-0.39, 0.29) is 11.9 Å². The molecule has 3 nitrogen and oxygen atoms in total. The van der Waals surface area contributed by atoms with Crippen LogP contribution in [0.2, 0.25) is 0 Å². The van der Waals surface area contributed by atoms with Crippen LogP contribution in [0, 0.1) is 13.8 Å². The van der Waals surface area contributed by atoms with Gasteiger partial charge in [-0.15, -0.1) is 11.8 Å². The summed E-state index contributed by atoms with van der Waals surface area (Å²) in [6.07, 6.45) is 0. The van der Waals surface area contributed by atoms with Crippen LogP contribution in [0.1, 0.15) is 22.7 Å². The monoisotopic (exact) mass is 342 g/mol. The maximum Gasteiger partial charge on any atom is 0.230 e. The van der Waals surface area contributed by atoms with Crippen molar-refractivity contribution in [3.8, 4) is 0 Å². The number of nitrogens with zero attached hydrogens (tertiary/aromatic N) is 1. The molecule has 1 atom stereocenters. The number of nitrogens with one attached hydrogen (secondary N) is 1. The minimum Gasteiger partial charge on any atom is -0.347 e. The fourth-order valence-corrected chi connectivity index (χ4v) is 3.28. The van der Waals surface area contributed by atoms with Crippen LogP contribution in [0.25, 0.3) is 0 Å². The fraction of sp³-hybridized carbons (Fsp3) is 0.350. The Morgan fingerprint density at radius 3 is 2.42 bits per heavy atom. The summed E-state index contributed by atoms with van der Waals surface area (Å²) in [4.78, 5) is 15.6. The average Bonchev–Trinajstić information content (AvgIpc) is 2.56. The van der Waals surface area contributed by atoms with Gasteiger partial charge in [0, 0.05) is 11.4 Å². The third-order valence-electron chi connectivity index (χ3n) is 3.93. The van der Waals surface area contributed by atoms with Gasteiger partial charge in [0.1, 0.15) is 0 Å². The quantitative estimate of drug-likeness (QED) is 0.777. The highest BCUT2D eigenvalue weighted by atomic mass is 32.2. The summed E-state index contributed by atoms with van der Waals surface area (Å²) < 4.78 is 0. The Kier molecular flexibility index (Phi) is 6.88. The maximum absolute atomic E-state index is 12.4. The molecule has 0 aliphatic heterocycles. The lowest BCUT2D eigenvalue weighted by molar-refractivity contribution is -0.119. The van der Waals surface area contributed by atoms with Crippen LogP contribution in [0.4, 0.5) is 0 Å². The number of likely N-dealkylation sites (N-methyl/N-ethyl adjacent to an activating group) is 1. The van der Waals surface area contributed by atoms with Crippen LogP contribution in [0.15, 0.2) is 53.4 Å². The zero-order valence-corrected chi connectivity index (χ0v) is 15.7. The van der Waals surface area contributed by atoms with Gasteiger partial charge < -0.3 is 10.2 Å². The highest BCUT2D eigenvalue weighted by Crippen LogP contribution is 2.21. The molecular formula is C20H26N2OS. The Balaban J connectivity index is 1.96. The molecule has 24 heavy (non-hydrogen) atoms. The molecule has 0 radical (unpaired) electrons. The highest BCUT2D eigenvalue weighted by Gasteiger charge is 2.15. The number of carbonyl (C=O) groups is 1. The Bertz CT molecular complexity index is 671. The number of aryl methyl sites for hydroxylation is 2. The molecule has 0 bridgehead atoms. The summed E-state index contributed by atoms with van der Waals surface area (Å²) >= 11 is 1.58. The summed E-state index contributed by atoms with van der Waals surface area (Å²) in [5, 5.41) is 3.16. The van der Waals surface area contributed by atoms with Gasteiger partial charge in [-0.1, -0.05) is 36.4 Å². The number of hydrogen-bond donors (Lipinski definition) is 1. The van der Waals surface area contributed by atoms with Crippen molar-refractivity contribution in [2.75, 3.05) is 26.4 Å². The fourth-order valence-electron chi connectivity index (χ4n) is 2.47. The molecule has 2 aromatic carbocycles. The summed E-state index contributed by atoms with van der Waals surface area (Å²) in [5.41, 5.74) is 3.67. The van der Waals surface area contributed by atoms with Crippen molar-refractivity contribution >= 4 is 17.7 Å². The average molecular weight is 343 g/mol. The van der Waals surface area contributed by atoms with Gasteiger partial charge in [0.2, 0.25) is 5.91 Å². The molecule has 0 unspecified atom stereocenters. The second-order valence-corrected chi connectivity index (χ2v) is 7.38. The van der Waals surface area contributed by atoms with Crippen molar-refractivity contribution < 1.29 is 4.79 Å². The SMILES string of the molecule is Cc1ccc(SCC(=O)N[C@@H](CN(C)C)c2ccccc2)cc1C. The van der Waals surface area contributed by atoms with E-state index in [1.807, 2.05) is 32.3 Å². The number of benzene rings is 2. The minimum atomic E-state index is 0.00838. The molecule has 0 heterocycles. The Hall–Kier alpha value is -1.78. The van der Waals surface area contributed by atoms with Gasteiger partial charge in [-0.25, -0.2) is 0 Å². The molecule has 0 saturated carbocycles. The van der Waals surface area contributed by atoms with Crippen molar-refractivity contribution in [2.24, 2.45) is 0 Å². The van der Waals surface area contributed by atoms with Crippen molar-refractivity contribution in [3.63, 3.8) is 0 Å². The summed E-state index contributed by atoms with van der Waals surface area (Å²) in [5.74, 6) is 0.494. The van der Waals surface area contributed by atoms with E-state index >= 15 is 0 Å². The van der Waals surface area contributed by atoms with E-state index in [0.717, 1.165) is 17.0 Å². The third kappa shape index (κ3) is 5.69. The molecule has 0 aliphatic carbocycles. The first-order valence-corrected chi connectivity index (χ1v) is 9.13. The number of rotatable bonds is 7. The number of thioether (sulfide) groups is 1. The molecule has 1 amide bonds. The molecule has 0 spiro atoms. The molecule has 0 fully saturated rings. The predicted octanol–water partition coefficient (Wildman–Crippen LogP) is 3.81. The molecule has 1 N–H and O–H groups in total. The third-order valence-corrected chi connectivity index (χ3v) is 4.93. The molecule has 4 heteroatoms. The lowest BCUT2D eigenvalue weighted by Gasteiger charge is -2.23. The van der Waals surface area contributed by atoms with Crippen LogP contribution in [0.5, 0.6) is 0 Å². The molecule has 0 aliphatic rings. The molecule has 2 rings (SSSR count). The predicted molar refractivity (Wildman–Crippen MR) is 103 cm³/mol. The van der Waals surface area contributed by atoms with Gasteiger partial charge in [-0.3, -0.25) is 4.79 Å². The second kappa shape index (κ2) is 8.90. The summed E-state index contributed by atoms with van der Waals surface area (Å²) in [6.45, 7) is 4.98. The molecule has 128 valence electrons. The van der Waals surface area contributed by atoms with Crippen molar-refractivity contribution in [3.05, 3.63) is 65.2 Å². The van der Waals surface area contributed by atoms with E-state index < -0.39 is 0 Å². The normalized spacial score (nSPS) is 12.2. The standard InChI is InChI=1S/C20H26N2OS/c1-15-10-11-18(12-16(15)2)24-14-20(23)21-19(13-22(3)4)17-8-6-5-7-9-17/h5-12,19H,13-14H2,1-4H3,(H,21,23)/t19-/m0/s1. The molecule has 2 aromatic rings. The van der Waals surface area contributed by atoms with E-state index in [0.29, 0.717) is 5.75 Å². The van der Waals surface area contributed by atoms with Crippen molar-refractivity contribution in [2.45, 2.75) is 24.8 Å². The van der Waals surface area contributed by atoms with Crippen LogP contribution >= 0.6 is 11.8 Å². The van der Waals surface area contributed by atoms with Gasteiger partial charge in [0.15, 0.2) is 0 Å². The molecule has 0 saturated heterocycles. The molecular weight excluding hydrogens is 316 g/mol. The van der Waals surface area contributed by atoms with Gasteiger partial charge in [0.25, 0.3) is 0 Å². The van der Waals surface area contributed by atoms with Crippen LogP contribution in [-0.4, -0.2) is 37.2 Å². The maximum atomic E-state index is 12.4. The topological polar surface area (TPSA) is 32.3 Å². The summed E-state index contributed by atoms with van der Waals surface area (Å²) in [7, 11) is 4.04. The van der Waals surface area contributed by atoms with E-state index in [2.05, 4.69) is 54.4 Å². The number of amides is 1. The van der Waals surface area contributed by atoms with Crippen molar-refractivity contribution in [1.82, 2.24) is 10.2 Å². The van der Waals surface area contributed by atoms with E-state index in [9.17, 15) is 4.79 Å². The van der Waals surface area contributed by atoms with E-state index in [4.69, 9.17) is 0 Å². The second-order valence-electron chi connectivity index (χ2n) is 6.33. The zero-order valence-electron chi connectivity index (χ0n) is 14.9. The Morgan fingerprint density at radius 2 is 1.79 bits per heavy atom. The lowest BCUT2D eigenvalue weighted by atomic mass is 10.1.